The maximum Gasteiger partial charge on any atom is 0.245 e. The third-order valence-electron chi connectivity index (χ3n) is 2.42. The van der Waals surface area contributed by atoms with Gasteiger partial charge in [0, 0.05) is 18.0 Å². The number of aliphatic imine (C=N–C) groups is 1. The van der Waals surface area contributed by atoms with Crippen molar-refractivity contribution in [3.63, 3.8) is 0 Å². The van der Waals surface area contributed by atoms with Crippen molar-refractivity contribution in [1.82, 2.24) is 15.0 Å². The molecule has 0 atom stereocenters. The van der Waals surface area contributed by atoms with E-state index in [1.54, 1.807) is 12.4 Å². The Morgan fingerprint density at radius 3 is 2.82 bits per heavy atom. The van der Waals surface area contributed by atoms with Crippen LogP contribution >= 0.6 is 0 Å². The lowest BCUT2D eigenvalue weighted by atomic mass is 10.1. The highest BCUT2D eigenvalue weighted by Crippen LogP contribution is 2.32. The standard InChI is InChI=1S/C11H9N5O/c12-10-9-11(15-6-14-10)17-5-8(16-9)7-1-3-13-4-2-7/h1-4,6H,5H2,(H2,12,14,15). The van der Waals surface area contributed by atoms with Crippen LogP contribution in [0, 0.1) is 0 Å². The number of pyridine rings is 1. The average Bonchev–Trinajstić information content (AvgIpc) is 2.40. The van der Waals surface area contributed by atoms with Crippen LogP contribution in [0.25, 0.3) is 0 Å². The van der Waals surface area contributed by atoms with Crippen molar-refractivity contribution in [1.29, 1.82) is 0 Å². The summed E-state index contributed by atoms with van der Waals surface area (Å²) in [6.07, 6.45) is 4.78. The zero-order chi connectivity index (χ0) is 11.7. The summed E-state index contributed by atoms with van der Waals surface area (Å²) in [5.41, 5.74) is 7.97. The summed E-state index contributed by atoms with van der Waals surface area (Å²) in [7, 11) is 0. The average molecular weight is 227 g/mol. The van der Waals surface area contributed by atoms with Gasteiger partial charge in [0.15, 0.2) is 11.5 Å². The number of aromatic nitrogens is 3. The quantitative estimate of drug-likeness (QED) is 0.784. The highest BCUT2D eigenvalue weighted by atomic mass is 16.5. The summed E-state index contributed by atoms with van der Waals surface area (Å²) in [5, 5.41) is 0. The molecule has 1 aliphatic rings. The minimum atomic E-state index is 0.321. The molecule has 2 aromatic heterocycles. The Morgan fingerprint density at radius 1 is 1.18 bits per heavy atom. The summed E-state index contributed by atoms with van der Waals surface area (Å²) < 4.78 is 5.49. The molecule has 2 N–H and O–H groups in total. The largest absolute Gasteiger partial charge is 0.469 e. The number of ether oxygens (including phenoxy) is 1. The Kier molecular flexibility index (Phi) is 2.18. The van der Waals surface area contributed by atoms with Crippen molar-refractivity contribution in [2.24, 2.45) is 4.99 Å². The van der Waals surface area contributed by atoms with Crippen molar-refractivity contribution >= 4 is 17.2 Å². The van der Waals surface area contributed by atoms with Gasteiger partial charge >= 0.3 is 0 Å². The van der Waals surface area contributed by atoms with Crippen molar-refractivity contribution in [2.45, 2.75) is 0 Å². The number of nitrogens with zero attached hydrogens (tertiary/aromatic N) is 4. The van der Waals surface area contributed by atoms with Crippen molar-refractivity contribution in [2.75, 3.05) is 12.3 Å². The van der Waals surface area contributed by atoms with E-state index in [0.717, 1.165) is 11.3 Å². The first-order valence-corrected chi connectivity index (χ1v) is 5.06. The van der Waals surface area contributed by atoms with Crippen LogP contribution in [0.2, 0.25) is 0 Å². The molecule has 0 bridgehead atoms. The van der Waals surface area contributed by atoms with Crippen molar-refractivity contribution < 1.29 is 4.74 Å². The molecule has 3 rings (SSSR count). The van der Waals surface area contributed by atoms with Crippen LogP contribution in [0.1, 0.15) is 5.56 Å². The smallest absolute Gasteiger partial charge is 0.245 e. The van der Waals surface area contributed by atoms with E-state index in [2.05, 4.69) is 19.9 Å². The first-order valence-electron chi connectivity index (χ1n) is 5.06. The van der Waals surface area contributed by atoms with E-state index in [1.807, 2.05) is 12.1 Å². The van der Waals surface area contributed by atoms with Crippen LogP contribution in [0.5, 0.6) is 5.88 Å². The number of anilines is 1. The Bertz CT molecular complexity index is 582. The van der Waals surface area contributed by atoms with Gasteiger partial charge in [0.05, 0.1) is 5.71 Å². The lowest BCUT2D eigenvalue weighted by Crippen LogP contribution is -2.17. The lowest BCUT2D eigenvalue weighted by Gasteiger charge is -2.16. The second-order valence-corrected chi connectivity index (χ2v) is 3.50. The number of fused-ring (bicyclic) bond motifs is 1. The van der Waals surface area contributed by atoms with Gasteiger partial charge in [-0.1, -0.05) is 0 Å². The van der Waals surface area contributed by atoms with Gasteiger partial charge in [0.1, 0.15) is 12.9 Å². The summed E-state index contributed by atoms with van der Waals surface area (Å²) in [6, 6.07) is 3.74. The molecule has 1 aliphatic heterocycles. The molecular weight excluding hydrogens is 218 g/mol. The molecule has 84 valence electrons. The second-order valence-electron chi connectivity index (χ2n) is 3.50. The number of rotatable bonds is 1. The topological polar surface area (TPSA) is 86.3 Å². The van der Waals surface area contributed by atoms with Gasteiger partial charge < -0.3 is 10.5 Å². The Labute approximate surface area is 97.2 Å². The van der Waals surface area contributed by atoms with Crippen LogP contribution < -0.4 is 10.5 Å². The van der Waals surface area contributed by atoms with Gasteiger partial charge in [-0.15, -0.1) is 0 Å². The van der Waals surface area contributed by atoms with Crippen LogP contribution in [0.4, 0.5) is 11.5 Å². The third-order valence-corrected chi connectivity index (χ3v) is 2.42. The van der Waals surface area contributed by atoms with E-state index >= 15 is 0 Å². The predicted molar refractivity (Wildman–Crippen MR) is 62.4 cm³/mol. The molecule has 0 aromatic carbocycles. The van der Waals surface area contributed by atoms with Crippen LogP contribution in [-0.2, 0) is 0 Å². The number of hydrogen-bond acceptors (Lipinski definition) is 6. The van der Waals surface area contributed by atoms with E-state index in [-0.39, 0.29) is 0 Å². The van der Waals surface area contributed by atoms with Gasteiger partial charge in [-0.05, 0) is 12.1 Å². The lowest BCUT2D eigenvalue weighted by molar-refractivity contribution is 0.357. The molecule has 0 unspecified atom stereocenters. The number of hydrogen-bond donors (Lipinski definition) is 1. The van der Waals surface area contributed by atoms with E-state index in [1.165, 1.54) is 6.33 Å². The molecule has 6 nitrogen and oxygen atoms in total. The molecular formula is C11H9N5O. The molecule has 0 saturated carbocycles. The van der Waals surface area contributed by atoms with Crippen molar-refractivity contribution in [3.8, 4) is 5.88 Å². The van der Waals surface area contributed by atoms with Crippen LogP contribution in [0.15, 0.2) is 35.8 Å². The van der Waals surface area contributed by atoms with Gasteiger partial charge in [0.2, 0.25) is 5.88 Å². The number of nitrogen functional groups attached to an aromatic ring is 1. The highest BCUT2D eigenvalue weighted by molar-refractivity contribution is 6.04. The van der Waals surface area contributed by atoms with Gasteiger partial charge in [0.25, 0.3) is 0 Å². The molecule has 0 aliphatic carbocycles. The fraction of sp³-hybridized carbons (Fsp3) is 0.0909. The van der Waals surface area contributed by atoms with E-state index in [9.17, 15) is 0 Å². The fourth-order valence-corrected chi connectivity index (χ4v) is 1.58. The molecule has 0 spiro atoms. The Morgan fingerprint density at radius 2 is 2.00 bits per heavy atom. The van der Waals surface area contributed by atoms with Crippen LogP contribution in [0.3, 0.4) is 0 Å². The fourth-order valence-electron chi connectivity index (χ4n) is 1.58. The molecule has 0 fully saturated rings. The SMILES string of the molecule is Nc1ncnc2c1N=C(c1ccncc1)CO2. The zero-order valence-electron chi connectivity index (χ0n) is 8.87. The summed E-state index contributed by atoms with van der Waals surface area (Å²) in [4.78, 5) is 16.2. The molecule has 2 aromatic rings. The van der Waals surface area contributed by atoms with Gasteiger partial charge in [-0.2, -0.15) is 4.98 Å². The third kappa shape index (κ3) is 1.69. The number of nitrogens with two attached hydrogens (primary N) is 1. The summed E-state index contributed by atoms with van der Waals surface area (Å²) >= 11 is 0. The monoisotopic (exact) mass is 227 g/mol. The predicted octanol–water partition coefficient (Wildman–Crippen LogP) is 0.967. The summed E-state index contributed by atoms with van der Waals surface area (Å²) in [6.45, 7) is 0.369. The van der Waals surface area contributed by atoms with Gasteiger partial charge in [-0.25, -0.2) is 9.98 Å². The van der Waals surface area contributed by atoms with Crippen molar-refractivity contribution in [3.05, 3.63) is 36.4 Å². The first kappa shape index (κ1) is 9.71. The molecule has 17 heavy (non-hydrogen) atoms. The molecule has 6 heteroatoms. The molecule has 0 radical (unpaired) electrons. The maximum atomic E-state index is 5.73. The molecule has 0 saturated heterocycles. The van der Waals surface area contributed by atoms with E-state index in [0.29, 0.717) is 24.0 Å². The van der Waals surface area contributed by atoms with Crippen LogP contribution in [-0.4, -0.2) is 27.3 Å². The van der Waals surface area contributed by atoms with E-state index in [4.69, 9.17) is 10.5 Å². The Hall–Kier alpha value is -2.50. The summed E-state index contributed by atoms with van der Waals surface area (Å²) in [5.74, 6) is 0.747. The zero-order valence-corrected chi connectivity index (χ0v) is 8.87. The maximum absolute atomic E-state index is 5.73. The highest BCUT2D eigenvalue weighted by Gasteiger charge is 2.18. The minimum Gasteiger partial charge on any atom is -0.469 e. The first-order chi connectivity index (χ1) is 8.34. The molecule has 0 amide bonds. The molecule has 3 heterocycles. The Balaban J connectivity index is 2.09. The van der Waals surface area contributed by atoms with E-state index < -0.39 is 0 Å². The normalized spacial score (nSPS) is 13.5. The van der Waals surface area contributed by atoms with Gasteiger partial charge in [-0.3, -0.25) is 4.98 Å². The second kappa shape index (κ2) is 3.82. The minimum absolute atomic E-state index is 0.321.